The van der Waals surface area contributed by atoms with Crippen molar-refractivity contribution in [1.29, 1.82) is 0 Å². The largest absolute Gasteiger partial charge is 0.404 e. The summed E-state index contributed by atoms with van der Waals surface area (Å²) in [5.74, 6) is 3.74. The number of hydrogen-bond acceptors (Lipinski definition) is 6. The van der Waals surface area contributed by atoms with Gasteiger partial charge in [-0.05, 0) is 24.4 Å². The summed E-state index contributed by atoms with van der Waals surface area (Å²) in [6.45, 7) is -0.150. The Kier molecular flexibility index (Phi) is 5.03. The molecule has 0 unspecified atom stereocenters. The lowest BCUT2D eigenvalue weighted by Gasteiger charge is -1.99. The number of carbonyl (C=O) groups excluding carboxylic acids is 3. The van der Waals surface area contributed by atoms with Crippen LogP contribution in [-0.2, 0) is 4.79 Å². The van der Waals surface area contributed by atoms with E-state index < -0.39 is 11.8 Å². The van der Waals surface area contributed by atoms with E-state index in [1.807, 2.05) is 5.43 Å². The van der Waals surface area contributed by atoms with Crippen LogP contribution in [-0.4, -0.2) is 24.1 Å². The second-order valence-electron chi connectivity index (χ2n) is 3.15. The van der Waals surface area contributed by atoms with Crippen molar-refractivity contribution < 1.29 is 14.4 Å². The van der Waals surface area contributed by atoms with E-state index in [0.717, 1.165) is 23.6 Å². The number of thiophene rings is 1. The van der Waals surface area contributed by atoms with Crippen LogP contribution in [0.1, 0.15) is 19.3 Å². The zero-order valence-corrected chi connectivity index (χ0v) is 10.1. The number of rotatable bonds is 5. The smallest absolute Gasteiger partial charge is 0.275 e. The van der Waals surface area contributed by atoms with Gasteiger partial charge in [-0.25, -0.2) is 5.84 Å². The topological polar surface area (TPSA) is 127 Å². The van der Waals surface area contributed by atoms with E-state index in [-0.39, 0.29) is 12.3 Å². The van der Waals surface area contributed by atoms with Crippen LogP contribution in [0.15, 0.2) is 24.4 Å². The third-order valence-corrected chi connectivity index (χ3v) is 2.97. The van der Waals surface area contributed by atoms with Crippen LogP contribution < -0.4 is 22.3 Å². The maximum absolute atomic E-state index is 11.6. The van der Waals surface area contributed by atoms with Crippen molar-refractivity contribution >= 4 is 28.9 Å². The van der Waals surface area contributed by atoms with E-state index in [1.54, 1.807) is 0 Å². The number of ketones is 1. The summed E-state index contributed by atoms with van der Waals surface area (Å²) in [6, 6.07) is 2.96. The zero-order valence-electron chi connectivity index (χ0n) is 9.30. The molecule has 1 aromatic rings. The van der Waals surface area contributed by atoms with Crippen LogP contribution in [0.4, 0.5) is 0 Å². The Hall–Kier alpha value is -2.19. The van der Waals surface area contributed by atoms with Crippen molar-refractivity contribution in [2.24, 2.45) is 11.6 Å². The lowest BCUT2D eigenvalue weighted by molar-refractivity contribution is -0.113. The minimum Gasteiger partial charge on any atom is -0.404 e. The average Bonchev–Trinajstić information content (AvgIpc) is 2.85. The molecule has 0 spiro atoms. The van der Waals surface area contributed by atoms with Crippen LogP contribution >= 0.6 is 11.3 Å². The highest BCUT2D eigenvalue weighted by molar-refractivity contribution is 7.15. The van der Waals surface area contributed by atoms with Crippen molar-refractivity contribution in [3.63, 3.8) is 0 Å². The van der Waals surface area contributed by atoms with Gasteiger partial charge in [0.15, 0.2) is 5.78 Å². The number of carbonyl (C=O) groups is 3. The van der Waals surface area contributed by atoms with Crippen LogP contribution in [0.3, 0.4) is 0 Å². The molecule has 0 aromatic carbocycles. The fourth-order valence-corrected chi connectivity index (χ4v) is 1.90. The van der Waals surface area contributed by atoms with Crippen molar-refractivity contribution in [3.8, 4) is 0 Å². The molecule has 2 amide bonds. The van der Waals surface area contributed by atoms with Gasteiger partial charge in [-0.3, -0.25) is 19.8 Å². The first-order valence-electron chi connectivity index (χ1n) is 4.88. The summed E-state index contributed by atoms with van der Waals surface area (Å²) >= 11 is 0.981. The van der Waals surface area contributed by atoms with Gasteiger partial charge in [-0.15, -0.1) is 11.3 Å². The fraction of sp³-hybridized carbons (Fsp3) is 0.100. The van der Waals surface area contributed by atoms with Crippen molar-refractivity contribution in [1.82, 2.24) is 10.7 Å². The number of nitrogen functional groups attached to an aromatic ring is 1. The Labute approximate surface area is 107 Å². The molecule has 0 aliphatic heterocycles. The molecule has 8 heteroatoms. The van der Waals surface area contributed by atoms with Crippen molar-refractivity contribution in [3.05, 3.63) is 34.2 Å². The summed E-state index contributed by atoms with van der Waals surface area (Å²) < 4.78 is 0. The van der Waals surface area contributed by atoms with Crippen LogP contribution in [0.2, 0.25) is 0 Å². The summed E-state index contributed by atoms with van der Waals surface area (Å²) in [5, 5.41) is 2.41. The first-order chi connectivity index (χ1) is 8.58. The first kappa shape index (κ1) is 13.9. The molecule has 0 atom stereocenters. The summed E-state index contributed by atoms with van der Waals surface area (Å²) in [7, 11) is 0. The number of nitrogens with two attached hydrogens (primary N) is 2. The average molecular weight is 268 g/mol. The van der Waals surface area contributed by atoms with Crippen LogP contribution in [0.25, 0.3) is 0 Å². The van der Waals surface area contributed by atoms with Gasteiger partial charge in [0.1, 0.15) is 0 Å². The summed E-state index contributed by atoms with van der Waals surface area (Å²) in [6.07, 6.45) is 2.26. The second kappa shape index (κ2) is 6.52. The van der Waals surface area contributed by atoms with E-state index >= 15 is 0 Å². The highest BCUT2D eigenvalue weighted by Gasteiger charge is 2.13. The van der Waals surface area contributed by atoms with Crippen LogP contribution in [0, 0.1) is 0 Å². The molecule has 7 nitrogen and oxygen atoms in total. The van der Waals surface area contributed by atoms with Gasteiger partial charge >= 0.3 is 0 Å². The van der Waals surface area contributed by atoms with Gasteiger partial charge in [-0.2, -0.15) is 0 Å². The van der Waals surface area contributed by atoms with E-state index in [0.29, 0.717) is 9.75 Å². The number of amides is 2. The van der Waals surface area contributed by atoms with Crippen LogP contribution in [0.5, 0.6) is 0 Å². The van der Waals surface area contributed by atoms with Crippen molar-refractivity contribution in [2.75, 3.05) is 6.54 Å². The molecule has 1 heterocycles. The highest BCUT2D eigenvalue weighted by Crippen LogP contribution is 2.15. The quantitative estimate of drug-likeness (QED) is 0.239. The van der Waals surface area contributed by atoms with Gasteiger partial charge in [0, 0.05) is 0 Å². The SMILES string of the molecule is NC=CC(=O)CNC(=O)c1ccc(C(=O)NN)s1. The predicted molar refractivity (Wildman–Crippen MR) is 66.6 cm³/mol. The molecule has 0 saturated carbocycles. The Morgan fingerprint density at radius 3 is 2.39 bits per heavy atom. The zero-order chi connectivity index (χ0) is 13.5. The van der Waals surface area contributed by atoms with E-state index in [9.17, 15) is 14.4 Å². The molecule has 96 valence electrons. The molecule has 1 aromatic heterocycles. The molecule has 6 N–H and O–H groups in total. The Morgan fingerprint density at radius 1 is 1.22 bits per heavy atom. The Balaban J connectivity index is 2.59. The van der Waals surface area contributed by atoms with Gasteiger partial charge in [0.05, 0.1) is 16.3 Å². The fourth-order valence-electron chi connectivity index (χ4n) is 1.07. The first-order valence-corrected chi connectivity index (χ1v) is 5.70. The van der Waals surface area contributed by atoms with Gasteiger partial charge in [0.2, 0.25) is 0 Å². The molecule has 0 bridgehead atoms. The molecule has 0 fully saturated rings. The molecule has 0 aliphatic carbocycles. The molecular formula is C10H12N4O3S. The van der Waals surface area contributed by atoms with Gasteiger partial charge in [-0.1, -0.05) is 0 Å². The lowest BCUT2D eigenvalue weighted by Crippen LogP contribution is -2.29. The summed E-state index contributed by atoms with van der Waals surface area (Å²) in [5.41, 5.74) is 6.99. The number of hydrazine groups is 1. The second-order valence-corrected chi connectivity index (χ2v) is 4.23. The normalized spacial score (nSPS) is 10.3. The molecular weight excluding hydrogens is 256 g/mol. The summed E-state index contributed by atoms with van der Waals surface area (Å²) in [4.78, 5) is 34.5. The maximum Gasteiger partial charge on any atom is 0.275 e. The standard InChI is InChI=1S/C10H12N4O3S/c11-4-3-6(15)5-13-9(16)7-1-2-8(18-7)10(17)14-12/h1-4H,5,11-12H2,(H,13,16)(H,14,17). The Bertz CT molecular complexity index is 495. The number of hydrogen-bond donors (Lipinski definition) is 4. The lowest BCUT2D eigenvalue weighted by atomic mass is 10.3. The Morgan fingerprint density at radius 2 is 1.83 bits per heavy atom. The third kappa shape index (κ3) is 3.68. The molecule has 0 radical (unpaired) electrons. The highest BCUT2D eigenvalue weighted by atomic mass is 32.1. The van der Waals surface area contributed by atoms with Crippen molar-refractivity contribution in [2.45, 2.75) is 0 Å². The van der Waals surface area contributed by atoms with Gasteiger partial charge < -0.3 is 11.1 Å². The molecule has 0 saturated heterocycles. The van der Waals surface area contributed by atoms with E-state index in [2.05, 4.69) is 5.32 Å². The van der Waals surface area contributed by atoms with E-state index in [1.165, 1.54) is 12.1 Å². The minimum absolute atomic E-state index is 0.150. The van der Waals surface area contributed by atoms with Gasteiger partial charge in [0.25, 0.3) is 11.8 Å². The molecule has 1 rings (SSSR count). The maximum atomic E-state index is 11.6. The monoisotopic (exact) mass is 268 g/mol. The molecule has 18 heavy (non-hydrogen) atoms. The predicted octanol–water partition coefficient (Wildman–Crippen LogP) is -0.877. The minimum atomic E-state index is -0.471. The third-order valence-electron chi connectivity index (χ3n) is 1.89. The number of nitrogens with one attached hydrogen (secondary N) is 2. The molecule has 0 aliphatic rings. The van der Waals surface area contributed by atoms with E-state index in [4.69, 9.17) is 11.6 Å².